The van der Waals surface area contributed by atoms with E-state index in [2.05, 4.69) is 22.2 Å². The van der Waals surface area contributed by atoms with Crippen molar-refractivity contribution in [3.63, 3.8) is 0 Å². The van der Waals surface area contributed by atoms with Gasteiger partial charge in [-0.3, -0.25) is 4.90 Å². The van der Waals surface area contributed by atoms with Gasteiger partial charge in [0.2, 0.25) is 0 Å². The number of aromatic nitrogens is 1. The van der Waals surface area contributed by atoms with E-state index < -0.39 is 0 Å². The number of halogens is 2. The highest BCUT2D eigenvalue weighted by Crippen LogP contribution is 2.29. The first kappa shape index (κ1) is 16.2. The topological polar surface area (TPSA) is 25.4 Å². The minimum atomic E-state index is 0.0350. The van der Waals surface area contributed by atoms with Gasteiger partial charge in [0, 0.05) is 25.0 Å². The second-order valence-corrected chi connectivity index (χ2v) is 7.11. The molecule has 0 spiro atoms. The molecule has 1 aliphatic rings. The molecule has 1 fully saturated rings. The molecule has 0 amide bonds. The van der Waals surface area contributed by atoms with Crippen LogP contribution in [0.25, 0.3) is 0 Å². The van der Waals surface area contributed by atoms with Crippen LogP contribution in [0.4, 0.5) is 0 Å². The molecular formula is C16H18Cl2N2OS. The van der Waals surface area contributed by atoms with E-state index >= 15 is 0 Å². The van der Waals surface area contributed by atoms with Gasteiger partial charge in [-0.25, -0.2) is 4.98 Å². The summed E-state index contributed by atoms with van der Waals surface area (Å²) < 4.78 is 5.89. The molecular weight excluding hydrogens is 339 g/mol. The number of thiazole rings is 1. The van der Waals surface area contributed by atoms with Crippen LogP contribution in [-0.2, 0) is 17.7 Å². The predicted molar refractivity (Wildman–Crippen MR) is 91.9 cm³/mol. The molecule has 1 aliphatic heterocycles. The molecule has 0 aliphatic carbocycles. The van der Waals surface area contributed by atoms with Crippen LogP contribution in [0.2, 0.25) is 10.0 Å². The number of hydrogen-bond acceptors (Lipinski definition) is 4. The number of aryl methyl sites for hydroxylation is 1. The van der Waals surface area contributed by atoms with Gasteiger partial charge in [0.15, 0.2) is 0 Å². The number of benzene rings is 1. The molecule has 22 heavy (non-hydrogen) atoms. The maximum Gasteiger partial charge on any atom is 0.0953 e. The number of nitrogens with zero attached hydrogens (tertiary/aromatic N) is 2. The third kappa shape index (κ3) is 3.81. The summed E-state index contributed by atoms with van der Waals surface area (Å²) in [7, 11) is 0. The Kier molecular flexibility index (Phi) is 5.37. The average molecular weight is 357 g/mol. The number of rotatable bonds is 4. The Morgan fingerprint density at radius 1 is 1.36 bits per heavy atom. The molecule has 3 nitrogen and oxygen atoms in total. The Bertz CT molecular complexity index is 647. The summed E-state index contributed by atoms with van der Waals surface area (Å²) in [5.41, 5.74) is 2.23. The molecule has 1 aromatic heterocycles. The largest absolute Gasteiger partial charge is 0.371 e. The second kappa shape index (κ2) is 7.28. The van der Waals surface area contributed by atoms with Crippen LogP contribution in [0.3, 0.4) is 0 Å². The predicted octanol–water partition coefficient (Wildman–Crippen LogP) is 4.59. The van der Waals surface area contributed by atoms with Gasteiger partial charge in [-0.2, -0.15) is 0 Å². The van der Waals surface area contributed by atoms with Gasteiger partial charge < -0.3 is 4.74 Å². The van der Waals surface area contributed by atoms with E-state index in [0.29, 0.717) is 10.0 Å². The van der Waals surface area contributed by atoms with Gasteiger partial charge in [0.05, 0.1) is 33.5 Å². The van der Waals surface area contributed by atoms with E-state index in [1.807, 2.05) is 18.2 Å². The van der Waals surface area contributed by atoms with Crippen molar-refractivity contribution in [1.29, 1.82) is 0 Å². The normalized spacial score (nSPS) is 19.5. The molecule has 2 aromatic rings. The monoisotopic (exact) mass is 356 g/mol. The Morgan fingerprint density at radius 2 is 2.23 bits per heavy atom. The molecule has 0 saturated carbocycles. The second-order valence-electron chi connectivity index (χ2n) is 5.35. The Labute approximate surface area is 144 Å². The summed E-state index contributed by atoms with van der Waals surface area (Å²) in [4.78, 5) is 7.02. The zero-order valence-corrected chi connectivity index (χ0v) is 14.7. The fraction of sp³-hybridized carbons (Fsp3) is 0.438. The first-order chi connectivity index (χ1) is 10.7. The van der Waals surface area contributed by atoms with Crippen LogP contribution in [0, 0.1) is 0 Å². The highest BCUT2D eigenvalue weighted by Gasteiger charge is 2.23. The van der Waals surface area contributed by atoms with E-state index in [1.54, 1.807) is 11.3 Å². The van der Waals surface area contributed by atoms with Crippen molar-refractivity contribution in [2.45, 2.75) is 26.0 Å². The minimum absolute atomic E-state index is 0.0350. The lowest BCUT2D eigenvalue weighted by Crippen LogP contribution is -2.37. The van der Waals surface area contributed by atoms with Crippen molar-refractivity contribution in [3.8, 4) is 0 Å². The molecule has 118 valence electrons. The van der Waals surface area contributed by atoms with Crippen molar-refractivity contribution in [2.24, 2.45) is 0 Å². The standard InChI is InChI=1S/C16H18Cl2N2OS/c1-2-16-19-12(10-22-16)8-20-5-6-21-15(9-20)11-3-4-13(17)14(18)7-11/h3-4,7,10,15H,2,5-6,8-9H2,1H3/t15-/m0/s1. The molecule has 0 N–H and O–H groups in total. The van der Waals surface area contributed by atoms with Gasteiger partial charge in [0.1, 0.15) is 0 Å². The SMILES string of the molecule is CCc1nc(CN2CCO[C@H](c3ccc(Cl)c(Cl)c3)C2)cs1. The molecule has 3 rings (SSSR count). The first-order valence-corrected chi connectivity index (χ1v) is 9.01. The maximum absolute atomic E-state index is 6.11. The number of morpholine rings is 1. The minimum Gasteiger partial charge on any atom is -0.371 e. The summed E-state index contributed by atoms with van der Waals surface area (Å²) >= 11 is 13.8. The summed E-state index contributed by atoms with van der Waals surface area (Å²) in [5, 5.41) is 4.51. The van der Waals surface area contributed by atoms with E-state index in [9.17, 15) is 0 Å². The average Bonchev–Trinajstić information content (AvgIpc) is 2.98. The Balaban J connectivity index is 1.67. The lowest BCUT2D eigenvalue weighted by atomic mass is 10.1. The number of hydrogen-bond donors (Lipinski definition) is 0. The Hall–Kier alpha value is -0.650. The molecule has 0 unspecified atom stereocenters. The molecule has 0 radical (unpaired) electrons. The smallest absolute Gasteiger partial charge is 0.0953 e. The molecule has 2 heterocycles. The Morgan fingerprint density at radius 3 is 2.95 bits per heavy atom. The highest BCUT2D eigenvalue weighted by atomic mass is 35.5. The van der Waals surface area contributed by atoms with Crippen LogP contribution in [0.15, 0.2) is 23.6 Å². The van der Waals surface area contributed by atoms with E-state index in [4.69, 9.17) is 27.9 Å². The summed E-state index contributed by atoms with van der Waals surface area (Å²) in [5.74, 6) is 0. The van der Waals surface area contributed by atoms with E-state index in [-0.39, 0.29) is 6.10 Å². The van der Waals surface area contributed by atoms with Gasteiger partial charge in [-0.1, -0.05) is 36.2 Å². The van der Waals surface area contributed by atoms with Crippen LogP contribution >= 0.6 is 34.5 Å². The lowest BCUT2D eigenvalue weighted by molar-refractivity contribution is -0.0332. The molecule has 6 heteroatoms. The van der Waals surface area contributed by atoms with Crippen molar-refractivity contribution >= 4 is 34.5 Å². The van der Waals surface area contributed by atoms with Gasteiger partial charge in [-0.05, 0) is 24.1 Å². The van der Waals surface area contributed by atoms with Crippen molar-refractivity contribution in [3.05, 3.63) is 49.9 Å². The van der Waals surface area contributed by atoms with Gasteiger partial charge in [-0.15, -0.1) is 11.3 Å². The van der Waals surface area contributed by atoms with Crippen LogP contribution in [-0.4, -0.2) is 29.6 Å². The van der Waals surface area contributed by atoms with Crippen LogP contribution in [0.1, 0.15) is 29.3 Å². The third-order valence-electron chi connectivity index (χ3n) is 3.75. The highest BCUT2D eigenvalue weighted by molar-refractivity contribution is 7.09. The zero-order valence-electron chi connectivity index (χ0n) is 12.4. The first-order valence-electron chi connectivity index (χ1n) is 7.38. The summed E-state index contributed by atoms with van der Waals surface area (Å²) in [6, 6.07) is 5.71. The molecule has 1 atom stereocenters. The molecule has 1 saturated heterocycles. The summed E-state index contributed by atoms with van der Waals surface area (Å²) in [6.45, 7) is 5.50. The van der Waals surface area contributed by atoms with Crippen molar-refractivity contribution in [2.75, 3.05) is 19.7 Å². The molecule has 1 aromatic carbocycles. The fourth-order valence-electron chi connectivity index (χ4n) is 2.57. The maximum atomic E-state index is 6.11. The fourth-order valence-corrected chi connectivity index (χ4v) is 3.62. The quantitative estimate of drug-likeness (QED) is 0.801. The van der Waals surface area contributed by atoms with E-state index in [1.165, 1.54) is 5.01 Å². The third-order valence-corrected chi connectivity index (χ3v) is 5.53. The summed E-state index contributed by atoms with van der Waals surface area (Å²) in [6.07, 6.45) is 1.03. The van der Waals surface area contributed by atoms with Crippen molar-refractivity contribution in [1.82, 2.24) is 9.88 Å². The van der Waals surface area contributed by atoms with Crippen molar-refractivity contribution < 1.29 is 4.74 Å². The number of ether oxygens (including phenoxy) is 1. The lowest BCUT2D eigenvalue weighted by Gasteiger charge is -2.32. The van der Waals surface area contributed by atoms with Gasteiger partial charge >= 0.3 is 0 Å². The van der Waals surface area contributed by atoms with Gasteiger partial charge in [0.25, 0.3) is 0 Å². The van der Waals surface area contributed by atoms with E-state index in [0.717, 1.165) is 43.9 Å². The zero-order chi connectivity index (χ0) is 15.5. The molecule has 0 bridgehead atoms. The van der Waals surface area contributed by atoms with Crippen LogP contribution in [0.5, 0.6) is 0 Å². The van der Waals surface area contributed by atoms with Crippen LogP contribution < -0.4 is 0 Å².